The molecule has 0 spiro atoms. The molecule has 0 saturated heterocycles. The Hall–Kier alpha value is -3.36. The van der Waals surface area contributed by atoms with Crippen LogP contribution in [0, 0.1) is 5.92 Å². The Kier molecular flexibility index (Phi) is 14.7. The highest BCUT2D eigenvalue weighted by molar-refractivity contribution is 6.14. The molecule has 0 unspecified atom stereocenters. The number of carbonyl (C=O) groups excluding carboxylic acids is 1. The molecule has 0 aromatic heterocycles. The van der Waals surface area contributed by atoms with Crippen molar-refractivity contribution in [1.82, 2.24) is 5.32 Å². The number of nitrogens with zero attached hydrogens (tertiary/aromatic N) is 1. The zero-order valence-corrected chi connectivity index (χ0v) is 22.9. The lowest BCUT2D eigenvalue weighted by Crippen LogP contribution is -2.28. The van der Waals surface area contributed by atoms with Crippen LogP contribution < -0.4 is 5.32 Å². The summed E-state index contributed by atoms with van der Waals surface area (Å²) in [5.74, 6) is -0.0690. The van der Waals surface area contributed by atoms with Gasteiger partial charge in [-0.05, 0) is 51.3 Å². The third kappa shape index (κ3) is 12.4. The van der Waals surface area contributed by atoms with Crippen molar-refractivity contribution in [2.75, 3.05) is 33.0 Å². The summed E-state index contributed by atoms with van der Waals surface area (Å²) in [6.07, 6.45) is 11.5. The predicted molar refractivity (Wildman–Crippen MR) is 148 cm³/mol. The molecule has 0 fully saturated rings. The van der Waals surface area contributed by atoms with Crippen molar-refractivity contribution >= 4 is 12.1 Å². The van der Waals surface area contributed by atoms with E-state index in [4.69, 9.17) is 14.2 Å². The lowest BCUT2D eigenvalue weighted by atomic mass is 9.98. The SMILES string of the molecule is C=C/C=C\C=C1/CN=CC(C(=O)NC(/C=C(\C)O)=C(/C=C(\C)OCCOCCOC(C)C)C(C)C)=C1O. The zero-order chi connectivity index (χ0) is 27.8. The quantitative estimate of drug-likeness (QED) is 0.153. The third-order valence-corrected chi connectivity index (χ3v) is 4.96. The van der Waals surface area contributed by atoms with Crippen LogP contribution in [-0.2, 0) is 19.0 Å². The molecule has 1 aliphatic rings. The molecule has 204 valence electrons. The number of allylic oxidation sites excluding steroid dienone is 9. The molecule has 0 aromatic carbocycles. The van der Waals surface area contributed by atoms with Crippen molar-refractivity contribution in [3.05, 3.63) is 82.7 Å². The van der Waals surface area contributed by atoms with Crippen molar-refractivity contribution in [2.45, 2.75) is 47.6 Å². The molecule has 1 heterocycles. The van der Waals surface area contributed by atoms with E-state index in [2.05, 4.69) is 16.9 Å². The van der Waals surface area contributed by atoms with E-state index in [9.17, 15) is 15.0 Å². The number of carbonyl (C=O) groups is 1. The highest BCUT2D eigenvalue weighted by Gasteiger charge is 2.21. The number of hydrogen-bond acceptors (Lipinski definition) is 7. The Morgan fingerprint density at radius 2 is 1.84 bits per heavy atom. The van der Waals surface area contributed by atoms with E-state index in [1.54, 1.807) is 24.3 Å². The van der Waals surface area contributed by atoms with Crippen LogP contribution in [0.2, 0.25) is 0 Å². The maximum absolute atomic E-state index is 13.1. The van der Waals surface area contributed by atoms with Gasteiger partial charge in [-0.15, -0.1) is 0 Å². The molecule has 1 rings (SSSR count). The molecule has 1 aliphatic heterocycles. The van der Waals surface area contributed by atoms with Crippen LogP contribution in [0.25, 0.3) is 0 Å². The van der Waals surface area contributed by atoms with Crippen LogP contribution in [0.15, 0.2) is 87.7 Å². The first-order chi connectivity index (χ1) is 17.6. The Bertz CT molecular complexity index is 990. The van der Waals surface area contributed by atoms with E-state index in [-0.39, 0.29) is 35.7 Å². The van der Waals surface area contributed by atoms with E-state index in [1.807, 2.05) is 40.7 Å². The van der Waals surface area contributed by atoms with Gasteiger partial charge in [0.2, 0.25) is 0 Å². The van der Waals surface area contributed by atoms with E-state index < -0.39 is 5.91 Å². The number of aliphatic hydroxyl groups is 2. The van der Waals surface area contributed by atoms with Gasteiger partial charge in [0.05, 0.1) is 49.6 Å². The minimum Gasteiger partial charge on any atom is -0.513 e. The van der Waals surface area contributed by atoms with Gasteiger partial charge in [0.1, 0.15) is 12.4 Å². The fourth-order valence-corrected chi connectivity index (χ4v) is 3.20. The molecule has 0 radical (unpaired) electrons. The van der Waals surface area contributed by atoms with Gasteiger partial charge in [0.25, 0.3) is 5.91 Å². The maximum Gasteiger partial charge on any atom is 0.261 e. The summed E-state index contributed by atoms with van der Waals surface area (Å²) in [4.78, 5) is 17.3. The van der Waals surface area contributed by atoms with Crippen LogP contribution in [0.1, 0.15) is 41.5 Å². The fourth-order valence-electron chi connectivity index (χ4n) is 3.20. The zero-order valence-electron chi connectivity index (χ0n) is 22.9. The van der Waals surface area contributed by atoms with Gasteiger partial charge in [-0.1, -0.05) is 44.7 Å². The molecule has 0 aliphatic carbocycles. The molecular weight excluding hydrogens is 472 g/mol. The monoisotopic (exact) mass is 514 g/mol. The first kappa shape index (κ1) is 31.7. The van der Waals surface area contributed by atoms with Crippen molar-refractivity contribution in [3.8, 4) is 0 Å². The van der Waals surface area contributed by atoms with Gasteiger partial charge in [-0.3, -0.25) is 9.79 Å². The van der Waals surface area contributed by atoms with Crippen LogP contribution in [0.5, 0.6) is 0 Å². The van der Waals surface area contributed by atoms with Gasteiger partial charge >= 0.3 is 0 Å². The summed E-state index contributed by atoms with van der Waals surface area (Å²) in [6.45, 7) is 16.9. The van der Waals surface area contributed by atoms with Crippen molar-refractivity contribution in [1.29, 1.82) is 0 Å². The molecule has 8 nitrogen and oxygen atoms in total. The summed E-state index contributed by atoms with van der Waals surface area (Å²) in [6, 6.07) is 0. The fraction of sp³-hybridized carbons (Fsp3) is 0.448. The average Bonchev–Trinajstić information content (AvgIpc) is 2.82. The summed E-state index contributed by atoms with van der Waals surface area (Å²) < 4.78 is 16.7. The number of aliphatic hydroxyl groups excluding tert-OH is 2. The molecule has 3 N–H and O–H groups in total. The number of dihydropyridines is 1. The van der Waals surface area contributed by atoms with Crippen molar-refractivity contribution < 1.29 is 29.2 Å². The molecular formula is C29H42N2O6. The Balaban J connectivity index is 3.08. The highest BCUT2D eigenvalue weighted by Crippen LogP contribution is 2.21. The number of amides is 1. The lowest BCUT2D eigenvalue weighted by molar-refractivity contribution is -0.116. The molecule has 0 bridgehead atoms. The molecule has 0 atom stereocenters. The number of ether oxygens (including phenoxy) is 3. The van der Waals surface area contributed by atoms with Gasteiger partial charge < -0.3 is 29.7 Å². The van der Waals surface area contributed by atoms with Gasteiger partial charge in [-0.25, -0.2) is 0 Å². The van der Waals surface area contributed by atoms with Crippen LogP contribution >= 0.6 is 0 Å². The van der Waals surface area contributed by atoms with Gasteiger partial charge in [0, 0.05) is 17.5 Å². The lowest BCUT2D eigenvalue weighted by Gasteiger charge is -2.18. The first-order valence-corrected chi connectivity index (χ1v) is 12.4. The Morgan fingerprint density at radius 1 is 1.14 bits per heavy atom. The minimum absolute atomic E-state index is 0.0168. The van der Waals surface area contributed by atoms with Gasteiger partial charge in [0.15, 0.2) is 0 Å². The van der Waals surface area contributed by atoms with Gasteiger partial charge in [-0.2, -0.15) is 0 Å². The van der Waals surface area contributed by atoms with E-state index in [0.717, 1.165) is 5.57 Å². The molecule has 1 amide bonds. The summed E-state index contributed by atoms with van der Waals surface area (Å²) in [5, 5.41) is 23.5. The first-order valence-electron chi connectivity index (χ1n) is 12.4. The van der Waals surface area contributed by atoms with E-state index in [1.165, 1.54) is 19.2 Å². The average molecular weight is 515 g/mol. The maximum atomic E-state index is 13.1. The molecule has 0 saturated carbocycles. The number of aliphatic imine (C=N–C) groups is 1. The van der Waals surface area contributed by atoms with E-state index in [0.29, 0.717) is 43.5 Å². The predicted octanol–water partition coefficient (Wildman–Crippen LogP) is 5.40. The van der Waals surface area contributed by atoms with Crippen LogP contribution in [-0.4, -0.2) is 61.4 Å². The Morgan fingerprint density at radius 3 is 2.46 bits per heavy atom. The van der Waals surface area contributed by atoms with Crippen LogP contribution in [0.3, 0.4) is 0 Å². The second kappa shape index (κ2) is 17.2. The molecule has 37 heavy (non-hydrogen) atoms. The number of nitrogens with one attached hydrogen (secondary N) is 1. The summed E-state index contributed by atoms with van der Waals surface area (Å²) in [7, 11) is 0. The topological polar surface area (TPSA) is 110 Å². The highest BCUT2D eigenvalue weighted by atomic mass is 16.5. The van der Waals surface area contributed by atoms with Crippen LogP contribution in [0.4, 0.5) is 0 Å². The van der Waals surface area contributed by atoms with Crippen molar-refractivity contribution in [2.24, 2.45) is 10.9 Å². The molecule has 8 heteroatoms. The number of rotatable bonds is 15. The van der Waals surface area contributed by atoms with Crippen molar-refractivity contribution in [3.63, 3.8) is 0 Å². The normalized spacial score (nSPS) is 16.7. The second-order valence-corrected chi connectivity index (χ2v) is 8.94. The Labute approximate surface area is 221 Å². The second-order valence-electron chi connectivity index (χ2n) is 8.94. The van der Waals surface area contributed by atoms with E-state index >= 15 is 0 Å². The molecule has 0 aromatic rings. The number of hydrogen-bond donors (Lipinski definition) is 3. The summed E-state index contributed by atoms with van der Waals surface area (Å²) in [5.41, 5.74) is 1.67. The largest absolute Gasteiger partial charge is 0.513 e. The standard InChI is InChI=1S/C29H42N2O6/c1-8-9-10-11-24-18-30-19-26(28(24)33)29(34)31-27(16-22(6)32)25(20(2)3)17-23(7)37-15-13-35-12-14-36-21(4)5/h8-11,16-17,19-21,32-33H,1,12-15,18H2,2-7H3,(H,31,34)/b10-9-,22-16+,23-17+,24-11+,27-25-. The smallest absolute Gasteiger partial charge is 0.261 e. The summed E-state index contributed by atoms with van der Waals surface area (Å²) >= 11 is 0. The third-order valence-electron chi connectivity index (χ3n) is 4.96. The minimum atomic E-state index is -0.547.